The van der Waals surface area contributed by atoms with Crippen LogP contribution in [-0.4, -0.2) is 29.6 Å². The molecule has 0 aromatic carbocycles. The van der Waals surface area contributed by atoms with Crippen molar-refractivity contribution in [1.29, 1.82) is 0 Å². The van der Waals surface area contributed by atoms with Gasteiger partial charge in [-0.25, -0.2) is 14.6 Å². The van der Waals surface area contributed by atoms with E-state index in [0.29, 0.717) is 4.88 Å². The first-order valence-electron chi connectivity index (χ1n) is 5.30. The van der Waals surface area contributed by atoms with Crippen LogP contribution in [0.25, 0.3) is 0 Å². The highest BCUT2D eigenvalue weighted by Gasteiger charge is 2.25. The van der Waals surface area contributed by atoms with Crippen LogP contribution in [0, 0.1) is 0 Å². The van der Waals surface area contributed by atoms with E-state index in [2.05, 4.69) is 9.72 Å². The molecule has 1 aromatic rings. The summed E-state index contributed by atoms with van der Waals surface area (Å²) in [7, 11) is 1.25. The van der Waals surface area contributed by atoms with Gasteiger partial charge in [0.05, 0.1) is 12.0 Å². The Kier molecular flexibility index (Phi) is 4.42. The average Bonchev–Trinajstić information content (AvgIpc) is 2.69. The van der Waals surface area contributed by atoms with Gasteiger partial charge in [-0.15, -0.1) is 11.3 Å². The first-order chi connectivity index (χ1) is 8.28. The predicted molar refractivity (Wildman–Crippen MR) is 66.5 cm³/mol. The van der Waals surface area contributed by atoms with Crippen LogP contribution in [0.3, 0.4) is 0 Å². The quantitative estimate of drug-likeness (QED) is 0.835. The highest BCUT2D eigenvalue weighted by Crippen LogP contribution is 2.21. The molecular formula is C11H16N2O4S. The van der Waals surface area contributed by atoms with Gasteiger partial charge in [0, 0.05) is 6.54 Å². The Morgan fingerprint density at radius 2 is 1.94 bits per heavy atom. The van der Waals surface area contributed by atoms with Crippen LogP contribution >= 0.6 is 11.3 Å². The molecule has 0 aliphatic heterocycles. The number of hydrogen-bond acceptors (Lipinski definition) is 7. The Hall–Kier alpha value is -1.47. The SMILES string of the molecule is COC(=O)c1nc(C(=O)OC(C)(C)C)sc1CN. The molecule has 100 valence electrons. The number of aromatic nitrogens is 1. The molecule has 0 spiro atoms. The number of methoxy groups -OCH3 is 1. The van der Waals surface area contributed by atoms with E-state index in [-0.39, 0.29) is 17.2 Å². The van der Waals surface area contributed by atoms with Gasteiger partial charge < -0.3 is 15.2 Å². The number of thiazole rings is 1. The molecule has 0 atom stereocenters. The van der Waals surface area contributed by atoms with Crippen LogP contribution in [-0.2, 0) is 16.0 Å². The number of hydrogen-bond donors (Lipinski definition) is 1. The van der Waals surface area contributed by atoms with Gasteiger partial charge in [0.2, 0.25) is 5.01 Å². The van der Waals surface area contributed by atoms with Gasteiger partial charge in [-0.3, -0.25) is 0 Å². The lowest BCUT2D eigenvalue weighted by Crippen LogP contribution is -2.23. The summed E-state index contributed by atoms with van der Waals surface area (Å²) in [6.07, 6.45) is 0. The number of rotatable bonds is 3. The maximum absolute atomic E-state index is 11.8. The maximum Gasteiger partial charge on any atom is 0.367 e. The van der Waals surface area contributed by atoms with Crippen LogP contribution < -0.4 is 5.73 Å². The highest BCUT2D eigenvalue weighted by molar-refractivity contribution is 7.13. The summed E-state index contributed by atoms with van der Waals surface area (Å²) >= 11 is 1.04. The molecule has 0 fully saturated rings. The molecule has 1 rings (SSSR count). The molecule has 18 heavy (non-hydrogen) atoms. The zero-order valence-corrected chi connectivity index (χ0v) is 11.6. The predicted octanol–water partition coefficient (Wildman–Crippen LogP) is 1.34. The minimum Gasteiger partial charge on any atom is -0.464 e. The highest BCUT2D eigenvalue weighted by atomic mass is 32.1. The molecule has 1 heterocycles. The van der Waals surface area contributed by atoms with Gasteiger partial charge in [0.1, 0.15) is 5.60 Å². The van der Waals surface area contributed by atoms with E-state index in [1.165, 1.54) is 7.11 Å². The summed E-state index contributed by atoms with van der Waals surface area (Å²) in [5, 5.41) is 0.103. The van der Waals surface area contributed by atoms with Crippen molar-refractivity contribution in [2.75, 3.05) is 7.11 Å². The molecule has 0 amide bonds. The Morgan fingerprint density at radius 3 is 2.39 bits per heavy atom. The fourth-order valence-electron chi connectivity index (χ4n) is 1.16. The fourth-order valence-corrected chi connectivity index (χ4v) is 1.96. The molecule has 2 N–H and O–H groups in total. The Morgan fingerprint density at radius 1 is 1.33 bits per heavy atom. The summed E-state index contributed by atoms with van der Waals surface area (Å²) in [4.78, 5) is 27.6. The summed E-state index contributed by atoms with van der Waals surface area (Å²) in [6, 6.07) is 0. The van der Waals surface area contributed by atoms with Crippen LogP contribution in [0.15, 0.2) is 0 Å². The van der Waals surface area contributed by atoms with Crippen LogP contribution in [0.1, 0.15) is 45.9 Å². The van der Waals surface area contributed by atoms with E-state index in [4.69, 9.17) is 10.5 Å². The van der Waals surface area contributed by atoms with Crippen molar-refractivity contribution in [1.82, 2.24) is 4.98 Å². The van der Waals surface area contributed by atoms with Crippen LogP contribution in [0.4, 0.5) is 0 Å². The Labute approximate surface area is 109 Å². The van der Waals surface area contributed by atoms with Gasteiger partial charge in [0.25, 0.3) is 0 Å². The second kappa shape index (κ2) is 5.45. The van der Waals surface area contributed by atoms with E-state index in [0.717, 1.165) is 11.3 Å². The Bertz CT molecular complexity index is 462. The normalized spacial score (nSPS) is 11.2. The third-order valence-electron chi connectivity index (χ3n) is 1.83. The van der Waals surface area contributed by atoms with Crippen LogP contribution in [0.2, 0.25) is 0 Å². The van der Waals surface area contributed by atoms with E-state index in [1.807, 2.05) is 0 Å². The smallest absolute Gasteiger partial charge is 0.367 e. The molecule has 0 unspecified atom stereocenters. The largest absolute Gasteiger partial charge is 0.464 e. The molecule has 1 aromatic heterocycles. The summed E-state index contributed by atoms with van der Waals surface area (Å²) in [6.45, 7) is 5.38. The summed E-state index contributed by atoms with van der Waals surface area (Å²) < 4.78 is 9.74. The summed E-state index contributed by atoms with van der Waals surface area (Å²) in [5.74, 6) is -1.18. The minimum atomic E-state index is -0.614. The monoisotopic (exact) mass is 272 g/mol. The van der Waals surface area contributed by atoms with E-state index in [1.54, 1.807) is 20.8 Å². The van der Waals surface area contributed by atoms with Crippen molar-refractivity contribution in [2.45, 2.75) is 32.9 Å². The van der Waals surface area contributed by atoms with E-state index < -0.39 is 17.5 Å². The topological polar surface area (TPSA) is 91.5 Å². The van der Waals surface area contributed by atoms with Crippen molar-refractivity contribution < 1.29 is 19.1 Å². The second-order valence-electron chi connectivity index (χ2n) is 4.49. The molecule has 0 aliphatic carbocycles. The molecule has 6 nitrogen and oxygen atoms in total. The number of carbonyl (C=O) groups is 2. The van der Waals surface area contributed by atoms with Crippen molar-refractivity contribution in [3.63, 3.8) is 0 Å². The van der Waals surface area contributed by atoms with Gasteiger partial charge in [-0.05, 0) is 20.8 Å². The maximum atomic E-state index is 11.8. The van der Waals surface area contributed by atoms with Gasteiger partial charge in [-0.2, -0.15) is 0 Å². The lowest BCUT2D eigenvalue weighted by molar-refractivity contribution is 0.00691. The van der Waals surface area contributed by atoms with Crippen molar-refractivity contribution in [2.24, 2.45) is 5.73 Å². The first-order valence-corrected chi connectivity index (χ1v) is 6.11. The van der Waals surface area contributed by atoms with Crippen molar-refractivity contribution >= 4 is 23.3 Å². The standard InChI is InChI=1S/C11H16N2O4S/c1-11(2,3)17-10(15)8-13-7(9(14)16-4)6(5-12)18-8/h5,12H2,1-4H3. The van der Waals surface area contributed by atoms with Gasteiger partial charge >= 0.3 is 11.9 Å². The molecule has 0 saturated carbocycles. The number of ether oxygens (including phenoxy) is 2. The molecule has 7 heteroatoms. The average molecular weight is 272 g/mol. The van der Waals surface area contributed by atoms with Crippen molar-refractivity contribution in [3.05, 3.63) is 15.6 Å². The lowest BCUT2D eigenvalue weighted by atomic mass is 10.2. The number of esters is 2. The third-order valence-corrected chi connectivity index (χ3v) is 2.89. The lowest BCUT2D eigenvalue weighted by Gasteiger charge is -2.18. The minimum absolute atomic E-state index is 0.0749. The van der Waals surface area contributed by atoms with E-state index >= 15 is 0 Å². The number of carbonyl (C=O) groups excluding carboxylic acids is 2. The molecule has 0 radical (unpaired) electrons. The zero-order chi connectivity index (χ0) is 13.9. The molecular weight excluding hydrogens is 256 g/mol. The number of nitrogens with zero attached hydrogens (tertiary/aromatic N) is 1. The first kappa shape index (κ1) is 14.6. The molecule has 0 saturated heterocycles. The second-order valence-corrected chi connectivity index (χ2v) is 5.57. The van der Waals surface area contributed by atoms with Gasteiger partial charge in [-0.1, -0.05) is 0 Å². The van der Waals surface area contributed by atoms with Crippen molar-refractivity contribution in [3.8, 4) is 0 Å². The van der Waals surface area contributed by atoms with E-state index in [9.17, 15) is 9.59 Å². The summed E-state index contributed by atoms with van der Waals surface area (Å²) in [5.41, 5.74) is 4.96. The third kappa shape index (κ3) is 3.51. The fraction of sp³-hybridized carbons (Fsp3) is 0.545. The van der Waals surface area contributed by atoms with Gasteiger partial charge in [0.15, 0.2) is 5.69 Å². The number of nitrogens with two attached hydrogens (primary N) is 1. The molecule has 0 bridgehead atoms. The Balaban J connectivity index is 3.02. The zero-order valence-electron chi connectivity index (χ0n) is 10.8. The van der Waals surface area contributed by atoms with Crippen LogP contribution in [0.5, 0.6) is 0 Å². The molecule has 0 aliphatic rings.